The van der Waals surface area contributed by atoms with E-state index in [1.54, 1.807) is 0 Å². The first-order chi connectivity index (χ1) is 9.77. The van der Waals surface area contributed by atoms with Crippen molar-refractivity contribution < 1.29 is 9.90 Å². The minimum atomic E-state index is -0.671. The van der Waals surface area contributed by atoms with E-state index in [2.05, 4.69) is 31.2 Å². The molecule has 0 aromatic rings. The van der Waals surface area contributed by atoms with Gasteiger partial charge in [-0.2, -0.15) is 0 Å². The summed E-state index contributed by atoms with van der Waals surface area (Å²) < 4.78 is 0. The highest BCUT2D eigenvalue weighted by Gasteiger charge is 1.95. The molecule has 1 N–H and O–H groups in total. The molecule has 0 fully saturated rings. The van der Waals surface area contributed by atoms with Gasteiger partial charge in [-0.3, -0.25) is 4.79 Å². The van der Waals surface area contributed by atoms with Gasteiger partial charge in [0.2, 0.25) is 0 Å². The lowest BCUT2D eigenvalue weighted by atomic mass is 10.1. The molecular formula is C18H32O2. The van der Waals surface area contributed by atoms with Gasteiger partial charge in [-0.05, 0) is 38.5 Å². The predicted molar refractivity (Wildman–Crippen MR) is 87.0 cm³/mol. The highest BCUT2D eigenvalue weighted by atomic mass is 16.6. The second-order valence-corrected chi connectivity index (χ2v) is 5.37. The van der Waals surface area contributed by atoms with Gasteiger partial charge in [0.05, 0.1) is 0 Å². The van der Waals surface area contributed by atoms with Crippen molar-refractivity contribution in [3.05, 3.63) is 24.3 Å². The topological polar surface area (TPSA) is 37.3 Å². The molecular weight excluding hydrogens is 250 g/mol. The second-order valence-electron chi connectivity index (χ2n) is 5.37. The van der Waals surface area contributed by atoms with Crippen molar-refractivity contribution in [1.29, 1.82) is 0 Å². The van der Waals surface area contributed by atoms with Crippen LogP contribution in [-0.4, -0.2) is 11.1 Å². The molecule has 0 amide bonds. The number of aliphatic carboxylic acids is 1. The lowest BCUT2D eigenvalue weighted by Crippen LogP contribution is -1.93. The summed E-state index contributed by atoms with van der Waals surface area (Å²) in [5, 5.41) is 8.50. The number of hydrogen-bond donors (Lipinski definition) is 1. The first-order valence-corrected chi connectivity index (χ1v) is 8.29. The maximum absolute atomic E-state index is 10.3. The number of hydrogen-bond acceptors (Lipinski definition) is 1. The molecule has 0 bridgehead atoms. The minimum absolute atomic E-state index is 0.324. The van der Waals surface area contributed by atoms with Crippen molar-refractivity contribution in [2.45, 2.75) is 84.0 Å². The van der Waals surface area contributed by atoms with Gasteiger partial charge in [-0.25, -0.2) is 0 Å². The summed E-state index contributed by atoms with van der Waals surface area (Å²) >= 11 is 0. The Morgan fingerprint density at radius 2 is 1.35 bits per heavy atom. The number of unbranched alkanes of at least 4 members (excludes halogenated alkanes) is 8. The monoisotopic (exact) mass is 282 g/mol. The molecule has 0 aromatic carbocycles. The quantitative estimate of drug-likeness (QED) is 0.319. The van der Waals surface area contributed by atoms with Crippen LogP contribution in [0.2, 0.25) is 0 Å². The lowest BCUT2D eigenvalue weighted by Gasteiger charge is -1.98. The second kappa shape index (κ2) is 16.0. The molecule has 0 saturated heterocycles. The van der Waals surface area contributed by atoms with Gasteiger partial charge >= 0.3 is 5.97 Å². The molecule has 0 saturated carbocycles. The zero-order chi connectivity index (χ0) is 14.9. The van der Waals surface area contributed by atoms with Gasteiger partial charge < -0.3 is 5.11 Å². The van der Waals surface area contributed by atoms with Gasteiger partial charge in [0.1, 0.15) is 0 Å². The molecule has 0 spiro atoms. The van der Waals surface area contributed by atoms with Crippen LogP contribution in [0, 0.1) is 0 Å². The van der Waals surface area contributed by atoms with Gasteiger partial charge in [-0.1, -0.05) is 63.3 Å². The summed E-state index contributed by atoms with van der Waals surface area (Å²) in [6.07, 6.45) is 22.3. The molecule has 116 valence electrons. The van der Waals surface area contributed by atoms with E-state index >= 15 is 0 Å². The molecule has 0 aliphatic rings. The standard InChI is InChI=1S/C18H32O2/c1-2-3-4-5-6-7-8-9-10-11-12-13-14-15-16-17-18(19)20/h6-7,9-10H,2-5,8,11-17H2,1H3,(H,19,20)/i18+2. The summed E-state index contributed by atoms with van der Waals surface area (Å²) in [6, 6.07) is 0. The minimum Gasteiger partial charge on any atom is -0.481 e. The smallest absolute Gasteiger partial charge is 0.303 e. The molecule has 0 aliphatic heterocycles. The van der Waals surface area contributed by atoms with E-state index in [0.717, 1.165) is 25.7 Å². The van der Waals surface area contributed by atoms with Gasteiger partial charge in [0.15, 0.2) is 0 Å². The van der Waals surface area contributed by atoms with Crippen molar-refractivity contribution in [1.82, 2.24) is 0 Å². The first-order valence-electron chi connectivity index (χ1n) is 8.29. The number of rotatable bonds is 14. The van der Waals surface area contributed by atoms with Gasteiger partial charge in [-0.15, -0.1) is 0 Å². The number of allylic oxidation sites excluding steroid dienone is 4. The number of carboxylic acid groups (broad SMARTS) is 1. The maximum atomic E-state index is 10.3. The van der Waals surface area contributed by atoms with Crippen molar-refractivity contribution >= 4 is 5.97 Å². The summed E-state index contributed by atoms with van der Waals surface area (Å²) in [7, 11) is 0. The van der Waals surface area contributed by atoms with Crippen LogP contribution in [-0.2, 0) is 4.79 Å². The van der Waals surface area contributed by atoms with Crippen molar-refractivity contribution in [2.24, 2.45) is 0 Å². The van der Waals surface area contributed by atoms with E-state index in [0.29, 0.717) is 6.42 Å². The third-order valence-corrected chi connectivity index (χ3v) is 3.34. The normalized spacial score (nSPS) is 11.7. The molecule has 20 heavy (non-hydrogen) atoms. The van der Waals surface area contributed by atoms with E-state index in [9.17, 15) is 4.79 Å². The molecule has 2 nitrogen and oxygen atoms in total. The van der Waals surface area contributed by atoms with Crippen LogP contribution in [0.15, 0.2) is 24.3 Å². The maximum Gasteiger partial charge on any atom is 0.303 e. The fraction of sp³-hybridized carbons (Fsp3) is 0.722. The van der Waals surface area contributed by atoms with Crippen LogP contribution in [0.5, 0.6) is 0 Å². The van der Waals surface area contributed by atoms with Crippen LogP contribution >= 0.6 is 0 Å². The fourth-order valence-electron chi connectivity index (χ4n) is 2.09. The molecule has 2 heteroatoms. The third-order valence-electron chi connectivity index (χ3n) is 3.34. The van der Waals surface area contributed by atoms with E-state index in [1.807, 2.05) is 0 Å². The van der Waals surface area contributed by atoms with E-state index in [4.69, 9.17) is 5.11 Å². The Hall–Kier alpha value is -1.05. The number of carbonyl (C=O) groups is 1. The first kappa shape index (κ1) is 18.9. The summed E-state index contributed by atoms with van der Waals surface area (Å²) in [5.74, 6) is -0.671. The molecule has 0 atom stereocenters. The highest BCUT2D eigenvalue weighted by molar-refractivity contribution is 5.66. The average molecular weight is 282 g/mol. The largest absolute Gasteiger partial charge is 0.481 e. The number of carboxylic acids is 1. The van der Waals surface area contributed by atoms with Crippen molar-refractivity contribution in [2.75, 3.05) is 0 Å². The third kappa shape index (κ3) is 16.9. The van der Waals surface area contributed by atoms with E-state index in [1.165, 1.54) is 44.9 Å². The summed E-state index contributed by atoms with van der Waals surface area (Å²) in [5.41, 5.74) is 0. The van der Waals surface area contributed by atoms with Crippen molar-refractivity contribution in [3.8, 4) is 0 Å². The van der Waals surface area contributed by atoms with Crippen LogP contribution in [0.3, 0.4) is 0 Å². The van der Waals surface area contributed by atoms with E-state index < -0.39 is 5.97 Å². The fourth-order valence-corrected chi connectivity index (χ4v) is 2.09. The van der Waals surface area contributed by atoms with Gasteiger partial charge in [0.25, 0.3) is 0 Å². The molecule has 0 radical (unpaired) electrons. The van der Waals surface area contributed by atoms with Crippen LogP contribution in [0.1, 0.15) is 84.0 Å². The Kier molecular flexibility index (Phi) is 15.2. The summed E-state index contributed by atoms with van der Waals surface area (Å²) in [4.78, 5) is 10.3. The van der Waals surface area contributed by atoms with Crippen LogP contribution in [0.25, 0.3) is 0 Å². The molecule has 0 aliphatic carbocycles. The Balaban J connectivity index is 3.17. The van der Waals surface area contributed by atoms with Crippen LogP contribution < -0.4 is 0 Å². The Morgan fingerprint density at radius 1 is 0.800 bits per heavy atom. The predicted octanol–water partition coefficient (Wildman–Crippen LogP) is 5.88. The SMILES string of the molecule is CCCCCC=CCC=CCCCCCCC[14C](=O)O. The molecule has 0 unspecified atom stereocenters. The lowest BCUT2D eigenvalue weighted by molar-refractivity contribution is -0.137. The molecule has 0 heterocycles. The van der Waals surface area contributed by atoms with Crippen molar-refractivity contribution in [3.63, 3.8) is 0 Å². The Labute approximate surface area is 125 Å². The highest BCUT2D eigenvalue weighted by Crippen LogP contribution is 2.08. The molecule has 0 rings (SSSR count). The summed E-state index contributed by atoms with van der Waals surface area (Å²) in [6.45, 7) is 2.23. The zero-order valence-electron chi connectivity index (χ0n) is 13.2. The zero-order valence-corrected chi connectivity index (χ0v) is 13.2. The average Bonchev–Trinajstić information content (AvgIpc) is 2.43. The Bertz CT molecular complexity index is 267. The Morgan fingerprint density at radius 3 is 1.95 bits per heavy atom. The molecule has 0 aromatic heterocycles. The van der Waals surface area contributed by atoms with E-state index in [-0.39, 0.29) is 0 Å². The van der Waals surface area contributed by atoms with Gasteiger partial charge in [0, 0.05) is 6.42 Å². The van der Waals surface area contributed by atoms with Crippen LogP contribution in [0.4, 0.5) is 0 Å².